The molecule has 1 fully saturated rings. The normalized spacial score (nSPS) is 25.4. The van der Waals surface area contributed by atoms with Crippen LogP contribution in [0.5, 0.6) is 0 Å². The third-order valence-corrected chi connectivity index (χ3v) is 4.95. The molecule has 1 aliphatic rings. The summed E-state index contributed by atoms with van der Waals surface area (Å²) in [5.41, 5.74) is -0.581. The molecule has 1 aromatic heterocycles. The van der Waals surface area contributed by atoms with E-state index in [9.17, 15) is 10.1 Å². The monoisotopic (exact) mass is 309 g/mol. The summed E-state index contributed by atoms with van der Waals surface area (Å²) in [7, 11) is 0. The van der Waals surface area contributed by atoms with Gasteiger partial charge in [-0.25, -0.2) is 9.89 Å². The number of nitriles is 1. The second kappa shape index (κ2) is 6.67. The average Bonchev–Trinajstić information content (AvgIpc) is 2.98. The molecule has 1 aromatic rings. The minimum atomic E-state index is -0.433. The standard InChI is InChI=1S/C14H23N5OS/c1-4-7-19-12(20)17-18-13(19)21-11-5-6-14(8-11,9-15)16-10(2)3/h10-11,16H,4-8H2,1-3H3,(H,17,20). The number of nitrogens with one attached hydrogen (secondary N) is 2. The van der Waals surface area contributed by atoms with Crippen LogP contribution in [0.2, 0.25) is 0 Å². The smallest absolute Gasteiger partial charge is 0.297 e. The van der Waals surface area contributed by atoms with Crippen LogP contribution in [0.4, 0.5) is 0 Å². The summed E-state index contributed by atoms with van der Waals surface area (Å²) >= 11 is 1.61. The molecule has 2 unspecified atom stereocenters. The second-order valence-electron chi connectivity index (χ2n) is 5.94. The Morgan fingerprint density at radius 1 is 1.67 bits per heavy atom. The molecule has 0 saturated heterocycles. The fourth-order valence-corrected chi connectivity index (χ4v) is 4.18. The Labute approximate surface area is 129 Å². The van der Waals surface area contributed by atoms with Crippen LogP contribution in [0.3, 0.4) is 0 Å². The zero-order chi connectivity index (χ0) is 15.5. The Hall–Kier alpha value is -1.26. The first kappa shape index (κ1) is 16.1. The average molecular weight is 309 g/mol. The maximum atomic E-state index is 11.7. The van der Waals surface area contributed by atoms with Crippen LogP contribution in [0.15, 0.2) is 9.95 Å². The fraction of sp³-hybridized carbons (Fsp3) is 0.786. The summed E-state index contributed by atoms with van der Waals surface area (Å²) in [6.45, 7) is 6.84. The molecule has 1 heterocycles. The molecule has 2 N–H and O–H groups in total. The van der Waals surface area contributed by atoms with Gasteiger partial charge in [-0.15, -0.1) is 5.10 Å². The van der Waals surface area contributed by atoms with Gasteiger partial charge in [0.05, 0.1) is 6.07 Å². The van der Waals surface area contributed by atoms with Crippen molar-refractivity contribution in [2.45, 2.75) is 75.0 Å². The highest BCUT2D eigenvalue weighted by Gasteiger charge is 2.40. The number of aromatic nitrogens is 3. The van der Waals surface area contributed by atoms with E-state index in [1.165, 1.54) is 0 Å². The quantitative estimate of drug-likeness (QED) is 0.838. The van der Waals surface area contributed by atoms with Crippen molar-refractivity contribution in [1.82, 2.24) is 20.1 Å². The minimum Gasteiger partial charge on any atom is -0.297 e. The Morgan fingerprint density at radius 3 is 3.05 bits per heavy atom. The highest BCUT2D eigenvalue weighted by atomic mass is 32.2. The lowest BCUT2D eigenvalue weighted by Gasteiger charge is -2.25. The first-order chi connectivity index (χ1) is 9.99. The van der Waals surface area contributed by atoms with Crippen LogP contribution >= 0.6 is 11.8 Å². The lowest BCUT2D eigenvalue weighted by atomic mass is 9.99. The van der Waals surface area contributed by atoms with Crippen molar-refractivity contribution >= 4 is 11.8 Å². The molecular weight excluding hydrogens is 286 g/mol. The summed E-state index contributed by atoms with van der Waals surface area (Å²) in [5, 5.41) is 20.6. The van der Waals surface area contributed by atoms with Gasteiger partial charge in [0.1, 0.15) is 5.54 Å². The number of aromatic amines is 1. The lowest BCUT2D eigenvalue weighted by molar-refractivity contribution is 0.386. The van der Waals surface area contributed by atoms with Gasteiger partial charge >= 0.3 is 5.69 Å². The van der Waals surface area contributed by atoms with Crippen molar-refractivity contribution < 1.29 is 0 Å². The van der Waals surface area contributed by atoms with Crippen molar-refractivity contribution in [3.63, 3.8) is 0 Å². The molecule has 0 bridgehead atoms. The van der Waals surface area contributed by atoms with E-state index in [-0.39, 0.29) is 11.7 Å². The number of nitrogens with zero attached hydrogens (tertiary/aromatic N) is 3. The molecule has 21 heavy (non-hydrogen) atoms. The van der Waals surface area contributed by atoms with Gasteiger partial charge in [0.25, 0.3) is 0 Å². The summed E-state index contributed by atoms with van der Waals surface area (Å²) in [6.07, 6.45) is 3.50. The molecule has 0 amide bonds. The highest BCUT2D eigenvalue weighted by molar-refractivity contribution is 7.99. The number of rotatable bonds is 6. The van der Waals surface area contributed by atoms with E-state index in [4.69, 9.17) is 0 Å². The van der Waals surface area contributed by atoms with E-state index in [0.29, 0.717) is 11.8 Å². The maximum Gasteiger partial charge on any atom is 0.343 e. The van der Waals surface area contributed by atoms with Gasteiger partial charge in [-0.05, 0) is 39.5 Å². The predicted octanol–water partition coefficient (Wildman–Crippen LogP) is 1.89. The van der Waals surface area contributed by atoms with E-state index in [1.54, 1.807) is 16.3 Å². The lowest BCUT2D eigenvalue weighted by Crippen LogP contribution is -2.45. The molecule has 2 rings (SSSR count). The van der Waals surface area contributed by atoms with Crippen LogP contribution in [0.25, 0.3) is 0 Å². The Bertz CT molecular complexity index is 573. The van der Waals surface area contributed by atoms with Crippen LogP contribution in [-0.4, -0.2) is 31.6 Å². The zero-order valence-electron chi connectivity index (χ0n) is 12.8. The molecule has 6 nitrogen and oxygen atoms in total. The predicted molar refractivity (Wildman–Crippen MR) is 83.3 cm³/mol. The molecule has 0 aromatic carbocycles. The van der Waals surface area contributed by atoms with Crippen molar-refractivity contribution in [3.05, 3.63) is 10.5 Å². The Balaban J connectivity index is 2.06. The number of thioether (sulfide) groups is 1. The first-order valence-corrected chi connectivity index (χ1v) is 8.38. The van der Waals surface area contributed by atoms with Gasteiger partial charge in [0.15, 0.2) is 5.16 Å². The van der Waals surface area contributed by atoms with Crippen molar-refractivity contribution in [1.29, 1.82) is 5.26 Å². The van der Waals surface area contributed by atoms with E-state index in [1.807, 2.05) is 6.92 Å². The fourth-order valence-electron chi connectivity index (χ4n) is 2.88. The highest BCUT2D eigenvalue weighted by Crippen LogP contribution is 2.39. The number of hydrogen-bond acceptors (Lipinski definition) is 5. The second-order valence-corrected chi connectivity index (χ2v) is 7.21. The van der Waals surface area contributed by atoms with Gasteiger partial charge in [0.2, 0.25) is 0 Å². The molecule has 116 valence electrons. The van der Waals surface area contributed by atoms with Crippen LogP contribution in [-0.2, 0) is 6.54 Å². The number of H-pyrrole nitrogens is 1. The maximum absolute atomic E-state index is 11.7. The zero-order valence-corrected chi connectivity index (χ0v) is 13.7. The molecule has 1 aliphatic carbocycles. The summed E-state index contributed by atoms with van der Waals surface area (Å²) in [6, 6.07) is 2.74. The van der Waals surface area contributed by atoms with E-state index in [0.717, 1.165) is 30.8 Å². The number of hydrogen-bond donors (Lipinski definition) is 2. The van der Waals surface area contributed by atoms with Crippen molar-refractivity contribution in [3.8, 4) is 6.07 Å². The van der Waals surface area contributed by atoms with Crippen LogP contribution < -0.4 is 11.0 Å². The minimum absolute atomic E-state index is 0.149. The van der Waals surface area contributed by atoms with E-state index >= 15 is 0 Å². The van der Waals surface area contributed by atoms with Crippen molar-refractivity contribution in [2.75, 3.05) is 0 Å². The SMILES string of the molecule is CCCn1c(SC2CCC(C#N)(NC(C)C)C2)n[nH]c1=O. The van der Waals surface area contributed by atoms with Crippen LogP contribution in [0.1, 0.15) is 46.5 Å². The van der Waals surface area contributed by atoms with Gasteiger partial charge in [-0.1, -0.05) is 18.7 Å². The topological polar surface area (TPSA) is 86.5 Å². The van der Waals surface area contributed by atoms with Gasteiger partial charge < -0.3 is 0 Å². The first-order valence-electron chi connectivity index (χ1n) is 7.50. The molecule has 2 atom stereocenters. The molecule has 7 heteroatoms. The third kappa shape index (κ3) is 3.69. The van der Waals surface area contributed by atoms with E-state index in [2.05, 4.69) is 35.4 Å². The molecular formula is C14H23N5OS. The molecule has 0 spiro atoms. The van der Waals surface area contributed by atoms with Gasteiger partial charge in [-0.2, -0.15) is 5.26 Å². The Kier molecular flexibility index (Phi) is 5.12. The summed E-state index contributed by atoms with van der Waals surface area (Å²) in [4.78, 5) is 11.7. The molecule has 0 aliphatic heterocycles. The Morgan fingerprint density at radius 2 is 2.43 bits per heavy atom. The third-order valence-electron chi connectivity index (χ3n) is 3.69. The van der Waals surface area contributed by atoms with Gasteiger partial charge in [0, 0.05) is 17.8 Å². The molecule has 1 saturated carbocycles. The largest absolute Gasteiger partial charge is 0.343 e. The molecule has 0 radical (unpaired) electrons. The summed E-state index contributed by atoms with van der Waals surface area (Å²) < 4.78 is 1.69. The van der Waals surface area contributed by atoms with Crippen molar-refractivity contribution in [2.24, 2.45) is 0 Å². The van der Waals surface area contributed by atoms with Gasteiger partial charge in [-0.3, -0.25) is 9.88 Å². The van der Waals surface area contributed by atoms with Crippen LogP contribution in [0, 0.1) is 11.3 Å². The van der Waals surface area contributed by atoms with E-state index < -0.39 is 5.54 Å². The summed E-state index contributed by atoms with van der Waals surface area (Å²) in [5.74, 6) is 0.